The summed E-state index contributed by atoms with van der Waals surface area (Å²) in [5.74, 6) is 3.29. The molecule has 0 aromatic carbocycles. The van der Waals surface area contributed by atoms with Crippen LogP contribution >= 0.6 is 0 Å². The Morgan fingerprint density at radius 2 is 2.11 bits per heavy atom. The van der Waals surface area contributed by atoms with E-state index in [1.165, 1.54) is 0 Å². The highest BCUT2D eigenvalue weighted by Crippen LogP contribution is 2.31. The van der Waals surface area contributed by atoms with E-state index in [9.17, 15) is 9.90 Å². The van der Waals surface area contributed by atoms with E-state index in [1.807, 2.05) is 0 Å². The van der Waals surface area contributed by atoms with Gasteiger partial charge in [-0.3, -0.25) is 4.79 Å². The largest absolute Gasteiger partial charge is 0.388 e. The summed E-state index contributed by atoms with van der Waals surface area (Å²) in [5.41, 5.74) is -0.680. The van der Waals surface area contributed by atoms with Crippen molar-refractivity contribution in [3.8, 4) is 12.3 Å². The van der Waals surface area contributed by atoms with Crippen molar-refractivity contribution in [3.63, 3.8) is 0 Å². The van der Waals surface area contributed by atoms with Gasteiger partial charge in [0.05, 0.1) is 5.60 Å². The summed E-state index contributed by atoms with van der Waals surface area (Å²) in [6.07, 6.45) is 11.8. The molecule has 3 nitrogen and oxygen atoms in total. The average Bonchev–Trinajstić information content (AvgIpc) is 2.36. The lowest BCUT2D eigenvalue weighted by atomic mass is 9.79. The number of hydrogen-bond donors (Lipinski definition) is 2. The van der Waals surface area contributed by atoms with E-state index in [1.54, 1.807) is 0 Å². The van der Waals surface area contributed by atoms with Crippen molar-refractivity contribution in [1.29, 1.82) is 0 Å². The Balaban J connectivity index is 2.15. The van der Waals surface area contributed by atoms with Crippen LogP contribution in [0.25, 0.3) is 0 Å². The molecule has 1 fully saturated rings. The molecule has 0 bridgehead atoms. The fourth-order valence-corrected chi connectivity index (χ4v) is 2.34. The van der Waals surface area contributed by atoms with Crippen molar-refractivity contribution >= 4 is 5.91 Å². The molecule has 1 saturated carbocycles. The summed E-state index contributed by atoms with van der Waals surface area (Å²) in [7, 11) is 0. The SMILES string of the molecule is C#CCCCCC(=O)NCC1(O)CCC(C)CC1. The van der Waals surface area contributed by atoms with Crippen molar-refractivity contribution in [2.45, 2.75) is 63.9 Å². The van der Waals surface area contributed by atoms with Gasteiger partial charge < -0.3 is 10.4 Å². The Morgan fingerprint density at radius 1 is 1.44 bits per heavy atom. The first-order valence-corrected chi connectivity index (χ1v) is 6.98. The van der Waals surface area contributed by atoms with Crippen LogP contribution in [0.1, 0.15) is 58.3 Å². The Kier molecular flexibility index (Phi) is 6.21. The van der Waals surface area contributed by atoms with E-state index in [0.29, 0.717) is 18.9 Å². The second kappa shape index (κ2) is 7.43. The number of nitrogens with one attached hydrogen (secondary N) is 1. The Morgan fingerprint density at radius 3 is 2.72 bits per heavy atom. The number of carbonyl (C=O) groups is 1. The highest BCUT2D eigenvalue weighted by molar-refractivity contribution is 5.75. The van der Waals surface area contributed by atoms with Crippen LogP contribution in [0.5, 0.6) is 0 Å². The molecule has 0 radical (unpaired) electrons. The molecule has 102 valence electrons. The fourth-order valence-electron chi connectivity index (χ4n) is 2.34. The molecule has 1 amide bonds. The van der Waals surface area contributed by atoms with Gasteiger partial charge in [-0.1, -0.05) is 6.92 Å². The summed E-state index contributed by atoms with van der Waals surface area (Å²) in [6.45, 7) is 2.61. The maximum atomic E-state index is 11.6. The van der Waals surface area contributed by atoms with Gasteiger partial charge in [-0.05, 0) is 44.4 Å². The van der Waals surface area contributed by atoms with Crippen LogP contribution in [-0.4, -0.2) is 23.2 Å². The predicted molar refractivity (Wildman–Crippen MR) is 72.9 cm³/mol. The van der Waals surface area contributed by atoms with E-state index in [4.69, 9.17) is 6.42 Å². The number of amides is 1. The lowest BCUT2D eigenvalue weighted by Gasteiger charge is -2.34. The maximum absolute atomic E-state index is 11.6. The van der Waals surface area contributed by atoms with Crippen molar-refractivity contribution in [2.75, 3.05) is 6.54 Å². The van der Waals surface area contributed by atoms with Crippen molar-refractivity contribution in [2.24, 2.45) is 5.92 Å². The molecule has 0 saturated heterocycles. The monoisotopic (exact) mass is 251 g/mol. The Bertz CT molecular complexity index is 298. The first-order valence-electron chi connectivity index (χ1n) is 6.98. The minimum absolute atomic E-state index is 0.0269. The smallest absolute Gasteiger partial charge is 0.220 e. The minimum atomic E-state index is -0.680. The Hall–Kier alpha value is -1.01. The number of hydrogen-bond acceptors (Lipinski definition) is 2. The molecule has 0 atom stereocenters. The van der Waals surface area contributed by atoms with E-state index < -0.39 is 5.60 Å². The number of rotatable bonds is 6. The molecule has 0 aromatic rings. The topological polar surface area (TPSA) is 49.3 Å². The summed E-state index contributed by atoms with van der Waals surface area (Å²) in [6, 6.07) is 0. The summed E-state index contributed by atoms with van der Waals surface area (Å²) in [4.78, 5) is 11.6. The van der Waals surface area contributed by atoms with Gasteiger partial charge in [0.1, 0.15) is 0 Å². The van der Waals surface area contributed by atoms with Crippen molar-refractivity contribution in [3.05, 3.63) is 0 Å². The van der Waals surface area contributed by atoms with Gasteiger partial charge >= 0.3 is 0 Å². The number of unbranched alkanes of at least 4 members (excludes halogenated alkanes) is 2. The second-order valence-corrected chi connectivity index (χ2v) is 5.59. The quantitative estimate of drug-likeness (QED) is 0.562. The molecule has 0 unspecified atom stereocenters. The fraction of sp³-hybridized carbons (Fsp3) is 0.800. The van der Waals surface area contributed by atoms with Gasteiger partial charge in [0, 0.05) is 19.4 Å². The number of terminal acetylenes is 1. The van der Waals surface area contributed by atoms with Gasteiger partial charge in [0.25, 0.3) is 0 Å². The molecule has 0 aromatic heterocycles. The third kappa shape index (κ3) is 5.55. The van der Waals surface area contributed by atoms with Crippen molar-refractivity contribution < 1.29 is 9.90 Å². The molecule has 18 heavy (non-hydrogen) atoms. The molecule has 3 heteroatoms. The van der Waals surface area contributed by atoms with E-state index in [0.717, 1.165) is 44.9 Å². The van der Waals surface area contributed by atoms with Gasteiger partial charge in [0.15, 0.2) is 0 Å². The van der Waals surface area contributed by atoms with Gasteiger partial charge in [-0.25, -0.2) is 0 Å². The molecule has 0 spiro atoms. The molecular weight excluding hydrogens is 226 g/mol. The average molecular weight is 251 g/mol. The molecule has 1 aliphatic carbocycles. The van der Waals surface area contributed by atoms with Crippen LogP contribution in [0, 0.1) is 18.3 Å². The second-order valence-electron chi connectivity index (χ2n) is 5.59. The maximum Gasteiger partial charge on any atom is 0.220 e. The van der Waals surface area contributed by atoms with Crippen LogP contribution in [0.15, 0.2) is 0 Å². The highest BCUT2D eigenvalue weighted by Gasteiger charge is 2.31. The summed E-state index contributed by atoms with van der Waals surface area (Å²) < 4.78 is 0. The van der Waals surface area contributed by atoms with Crippen LogP contribution in [0.3, 0.4) is 0 Å². The zero-order valence-corrected chi connectivity index (χ0v) is 11.4. The molecule has 0 heterocycles. The highest BCUT2D eigenvalue weighted by atomic mass is 16.3. The molecule has 1 aliphatic rings. The first kappa shape index (κ1) is 15.0. The van der Waals surface area contributed by atoms with Gasteiger partial charge in [-0.15, -0.1) is 12.3 Å². The van der Waals surface area contributed by atoms with E-state index in [2.05, 4.69) is 18.2 Å². The van der Waals surface area contributed by atoms with Crippen LogP contribution in [-0.2, 0) is 4.79 Å². The molecular formula is C15H25NO2. The zero-order chi connectivity index (χ0) is 13.4. The summed E-state index contributed by atoms with van der Waals surface area (Å²) in [5, 5.41) is 13.2. The molecule has 2 N–H and O–H groups in total. The number of carbonyl (C=O) groups excluding carboxylic acids is 1. The van der Waals surface area contributed by atoms with Crippen molar-refractivity contribution in [1.82, 2.24) is 5.32 Å². The lowest BCUT2D eigenvalue weighted by molar-refractivity contribution is -0.123. The van der Waals surface area contributed by atoms with Gasteiger partial charge in [-0.2, -0.15) is 0 Å². The number of aliphatic hydroxyl groups is 1. The lowest BCUT2D eigenvalue weighted by Crippen LogP contribution is -2.45. The standard InChI is InChI=1S/C15H25NO2/c1-3-4-5-6-7-14(17)16-12-15(18)10-8-13(2)9-11-15/h1,13,18H,4-12H2,2H3,(H,16,17). The predicted octanol–water partition coefficient (Wildman–Crippen LogP) is 2.24. The van der Waals surface area contributed by atoms with E-state index >= 15 is 0 Å². The summed E-state index contributed by atoms with van der Waals surface area (Å²) >= 11 is 0. The first-order chi connectivity index (χ1) is 8.56. The normalized spacial score (nSPS) is 27.5. The zero-order valence-electron chi connectivity index (χ0n) is 11.4. The van der Waals surface area contributed by atoms with Crippen LogP contribution in [0.4, 0.5) is 0 Å². The minimum Gasteiger partial charge on any atom is -0.388 e. The van der Waals surface area contributed by atoms with E-state index in [-0.39, 0.29) is 5.91 Å². The van der Waals surface area contributed by atoms with Crippen LogP contribution < -0.4 is 5.32 Å². The van der Waals surface area contributed by atoms with Crippen LogP contribution in [0.2, 0.25) is 0 Å². The van der Waals surface area contributed by atoms with Gasteiger partial charge in [0.2, 0.25) is 5.91 Å². The third-order valence-electron chi connectivity index (χ3n) is 3.79. The Labute approximate surface area is 110 Å². The third-order valence-corrected chi connectivity index (χ3v) is 3.79. The molecule has 0 aliphatic heterocycles. The molecule has 1 rings (SSSR count).